The van der Waals surface area contributed by atoms with E-state index in [-0.39, 0.29) is 11.8 Å². The molecular weight excluding hydrogens is 138 g/mol. The number of hydrogen-bond donors (Lipinski definition) is 1. The minimum atomic E-state index is -2.80. The highest BCUT2D eigenvalue weighted by Gasteiger charge is 2.06. The number of nitrogens with one attached hydrogen (secondary N) is 1. The molecule has 0 unspecified atom stereocenters. The second-order valence-corrected chi connectivity index (χ2v) is 4.47. The molecule has 0 aromatic carbocycles. The van der Waals surface area contributed by atoms with E-state index < -0.39 is 9.84 Å². The Balaban J connectivity index is 3.75. The molecule has 0 amide bonds. The third kappa shape index (κ3) is 5.79. The molecule has 0 spiro atoms. The molecule has 0 aliphatic rings. The molecular formula is C5H13NO2S. The van der Waals surface area contributed by atoms with Gasteiger partial charge in [0.05, 0.1) is 5.75 Å². The summed E-state index contributed by atoms with van der Waals surface area (Å²) in [5, 5.41) is 2.84. The predicted octanol–water partition coefficient (Wildman–Crippen LogP) is -0.361. The summed E-state index contributed by atoms with van der Waals surface area (Å²) in [7, 11) is -1.05. The van der Waals surface area contributed by atoms with Crippen molar-refractivity contribution in [2.45, 2.75) is 13.0 Å². The molecule has 56 valence electrons. The minimum Gasteiger partial charge on any atom is -0.316 e. The van der Waals surface area contributed by atoms with Gasteiger partial charge in [-0.1, -0.05) is 0 Å². The van der Waals surface area contributed by atoms with Gasteiger partial charge in [-0.2, -0.15) is 0 Å². The van der Waals surface area contributed by atoms with Gasteiger partial charge in [0, 0.05) is 12.3 Å². The van der Waals surface area contributed by atoms with E-state index in [1.807, 2.05) is 6.92 Å². The first-order valence-corrected chi connectivity index (χ1v) is 4.87. The topological polar surface area (TPSA) is 46.2 Å². The zero-order valence-electron chi connectivity index (χ0n) is 6.01. The molecule has 0 aromatic heterocycles. The molecule has 3 nitrogen and oxygen atoms in total. The fourth-order valence-corrected chi connectivity index (χ4v) is 1.61. The summed E-state index contributed by atoms with van der Waals surface area (Å²) >= 11 is 0. The maximum Gasteiger partial charge on any atom is 0.148 e. The summed E-state index contributed by atoms with van der Waals surface area (Å²) in [5.74, 6) is 0.212. The van der Waals surface area contributed by atoms with Crippen LogP contribution in [-0.4, -0.2) is 33.5 Å². The lowest BCUT2D eigenvalue weighted by atomic mass is 10.4. The molecule has 0 aliphatic carbocycles. The first-order valence-electron chi connectivity index (χ1n) is 2.80. The number of sulfone groups is 1. The lowest BCUT2D eigenvalue weighted by Gasteiger charge is -2.06. The van der Waals surface area contributed by atoms with E-state index in [2.05, 4.69) is 5.32 Å². The average Bonchev–Trinajstić information content (AvgIpc) is 1.62. The number of hydrogen-bond acceptors (Lipinski definition) is 3. The zero-order valence-corrected chi connectivity index (χ0v) is 6.83. The van der Waals surface area contributed by atoms with Crippen LogP contribution in [0.25, 0.3) is 0 Å². The Kier molecular flexibility index (Phi) is 3.14. The van der Waals surface area contributed by atoms with Crippen LogP contribution in [0.3, 0.4) is 0 Å². The van der Waals surface area contributed by atoms with Crippen LogP contribution in [-0.2, 0) is 9.84 Å². The van der Waals surface area contributed by atoms with E-state index in [1.165, 1.54) is 6.26 Å². The monoisotopic (exact) mass is 151 g/mol. The van der Waals surface area contributed by atoms with Crippen LogP contribution in [0, 0.1) is 0 Å². The van der Waals surface area contributed by atoms with Gasteiger partial charge < -0.3 is 5.32 Å². The van der Waals surface area contributed by atoms with Crippen molar-refractivity contribution in [2.24, 2.45) is 0 Å². The van der Waals surface area contributed by atoms with Gasteiger partial charge in [0.1, 0.15) is 9.84 Å². The van der Waals surface area contributed by atoms with Crippen molar-refractivity contribution in [3.63, 3.8) is 0 Å². The van der Waals surface area contributed by atoms with Crippen LogP contribution in [0.1, 0.15) is 6.92 Å². The first-order chi connectivity index (χ1) is 3.95. The van der Waals surface area contributed by atoms with Crippen molar-refractivity contribution in [3.8, 4) is 0 Å². The molecule has 0 rings (SSSR count). The van der Waals surface area contributed by atoms with Gasteiger partial charge in [0.25, 0.3) is 0 Å². The largest absolute Gasteiger partial charge is 0.316 e. The van der Waals surface area contributed by atoms with E-state index in [0.717, 1.165) is 0 Å². The Bertz CT molecular complexity index is 162. The van der Waals surface area contributed by atoms with Crippen molar-refractivity contribution in [1.29, 1.82) is 0 Å². The first kappa shape index (κ1) is 8.91. The highest BCUT2D eigenvalue weighted by Crippen LogP contribution is 1.87. The van der Waals surface area contributed by atoms with Crippen LogP contribution in [0.15, 0.2) is 0 Å². The Morgan fingerprint density at radius 1 is 1.56 bits per heavy atom. The smallest absolute Gasteiger partial charge is 0.148 e. The van der Waals surface area contributed by atoms with E-state index >= 15 is 0 Å². The highest BCUT2D eigenvalue weighted by molar-refractivity contribution is 7.90. The highest BCUT2D eigenvalue weighted by atomic mass is 32.2. The molecule has 1 N–H and O–H groups in total. The molecule has 0 saturated heterocycles. The van der Waals surface area contributed by atoms with Crippen LogP contribution in [0.2, 0.25) is 0 Å². The van der Waals surface area contributed by atoms with Gasteiger partial charge in [0.15, 0.2) is 0 Å². The molecule has 0 heterocycles. The van der Waals surface area contributed by atoms with Gasteiger partial charge in [0.2, 0.25) is 0 Å². The molecule has 0 aromatic rings. The second kappa shape index (κ2) is 3.17. The quantitative estimate of drug-likeness (QED) is 0.599. The van der Waals surface area contributed by atoms with Gasteiger partial charge in [-0.05, 0) is 14.0 Å². The summed E-state index contributed by atoms with van der Waals surface area (Å²) in [6.45, 7) is 1.83. The maximum atomic E-state index is 10.6. The van der Waals surface area contributed by atoms with Gasteiger partial charge in [-0.15, -0.1) is 0 Å². The fraction of sp³-hybridized carbons (Fsp3) is 1.00. The standard InChI is InChI=1S/C5H13NO2S/c1-5(6-2)4-9(3,7)8/h5-6H,4H2,1-3H3/t5-/m0/s1. The third-order valence-electron chi connectivity index (χ3n) is 1.05. The molecule has 9 heavy (non-hydrogen) atoms. The predicted molar refractivity (Wildman–Crippen MR) is 38.2 cm³/mol. The molecule has 0 bridgehead atoms. The van der Waals surface area contributed by atoms with E-state index in [4.69, 9.17) is 0 Å². The normalized spacial score (nSPS) is 15.4. The van der Waals surface area contributed by atoms with Crippen molar-refractivity contribution in [2.75, 3.05) is 19.1 Å². The summed E-state index contributed by atoms with van der Waals surface area (Å²) < 4.78 is 21.1. The number of rotatable bonds is 3. The third-order valence-corrected chi connectivity index (χ3v) is 2.15. The molecule has 0 saturated carbocycles. The Morgan fingerprint density at radius 2 is 2.00 bits per heavy atom. The molecule has 0 radical (unpaired) electrons. The molecule has 0 fully saturated rings. The summed E-state index contributed by atoms with van der Waals surface area (Å²) in [6.07, 6.45) is 1.24. The van der Waals surface area contributed by atoms with E-state index in [9.17, 15) is 8.42 Å². The van der Waals surface area contributed by atoms with Gasteiger partial charge in [-0.25, -0.2) is 8.42 Å². The van der Waals surface area contributed by atoms with Crippen LogP contribution in [0.5, 0.6) is 0 Å². The minimum absolute atomic E-state index is 0.0556. The van der Waals surface area contributed by atoms with Crippen LogP contribution in [0.4, 0.5) is 0 Å². The molecule has 0 aliphatic heterocycles. The Hall–Kier alpha value is -0.0900. The zero-order chi connectivity index (χ0) is 7.49. The van der Waals surface area contributed by atoms with Crippen LogP contribution >= 0.6 is 0 Å². The molecule has 1 atom stereocenters. The maximum absolute atomic E-state index is 10.6. The van der Waals surface area contributed by atoms with Crippen molar-refractivity contribution in [1.82, 2.24) is 5.32 Å². The summed E-state index contributed by atoms with van der Waals surface area (Å²) in [6, 6.07) is 0.0556. The van der Waals surface area contributed by atoms with Crippen molar-refractivity contribution in [3.05, 3.63) is 0 Å². The second-order valence-electron chi connectivity index (χ2n) is 2.28. The van der Waals surface area contributed by atoms with E-state index in [1.54, 1.807) is 7.05 Å². The summed E-state index contributed by atoms with van der Waals surface area (Å²) in [4.78, 5) is 0. The SMILES string of the molecule is CN[C@@H](C)CS(C)(=O)=O. The lowest BCUT2D eigenvalue weighted by molar-refractivity contribution is 0.584. The van der Waals surface area contributed by atoms with Crippen molar-refractivity contribution < 1.29 is 8.42 Å². The average molecular weight is 151 g/mol. The lowest BCUT2D eigenvalue weighted by Crippen LogP contribution is -2.29. The fourth-order valence-electron chi connectivity index (χ4n) is 0.537. The van der Waals surface area contributed by atoms with Crippen LogP contribution < -0.4 is 5.32 Å². The Labute approximate surface area is 56.4 Å². The van der Waals surface area contributed by atoms with Gasteiger partial charge >= 0.3 is 0 Å². The van der Waals surface area contributed by atoms with Crippen molar-refractivity contribution >= 4 is 9.84 Å². The molecule has 4 heteroatoms. The van der Waals surface area contributed by atoms with E-state index in [0.29, 0.717) is 0 Å². The van der Waals surface area contributed by atoms with Gasteiger partial charge in [-0.3, -0.25) is 0 Å². The Morgan fingerprint density at radius 3 is 2.11 bits per heavy atom. The summed E-state index contributed by atoms with van der Waals surface area (Å²) in [5.41, 5.74) is 0.